The van der Waals surface area contributed by atoms with Crippen LogP contribution in [0.1, 0.15) is 0 Å². The number of hydrogen-bond donors (Lipinski definition) is 1. The highest BCUT2D eigenvalue weighted by molar-refractivity contribution is 5.81. The Morgan fingerprint density at radius 2 is 1.85 bits per heavy atom. The normalized spacial score (nSPS) is 9.40. The van der Waals surface area contributed by atoms with E-state index in [2.05, 4.69) is 16.6 Å². The highest BCUT2D eigenvalue weighted by atomic mass is 16.6. The molecule has 0 aromatic heterocycles. The van der Waals surface area contributed by atoms with Crippen LogP contribution in [0.15, 0.2) is 43.0 Å². The first kappa shape index (κ1) is 15.6. The molecule has 0 aliphatic carbocycles. The number of rotatable bonds is 8. The van der Waals surface area contributed by atoms with Gasteiger partial charge in [-0.25, -0.2) is 9.59 Å². The number of carbonyl (C=O) groups excluding carboxylic acids is 2. The maximum Gasteiger partial charge on any atom is 0.407 e. The van der Waals surface area contributed by atoms with E-state index in [9.17, 15) is 9.59 Å². The molecule has 0 aliphatic rings. The lowest BCUT2D eigenvalue weighted by molar-refractivity contribution is -0.137. The molecule has 0 heterocycles. The molecule has 1 aromatic carbocycles. The van der Waals surface area contributed by atoms with Gasteiger partial charge < -0.3 is 19.5 Å². The fraction of sp³-hybridized carbons (Fsp3) is 0.286. The molecule has 108 valence electrons. The first-order valence-corrected chi connectivity index (χ1v) is 6.10. The SMILES string of the molecule is C=CC(=O)OCCNC(=O)OCCOc1ccccc1. The van der Waals surface area contributed by atoms with E-state index in [4.69, 9.17) is 9.47 Å². The second-order valence-electron chi connectivity index (χ2n) is 3.60. The number of hydrogen-bond acceptors (Lipinski definition) is 5. The Labute approximate surface area is 117 Å². The number of esters is 1. The smallest absolute Gasteiger partial charge is 0.407 e. The number of benzene rings is 1. The van der Waals surface area contributed by atoms with Gasteiger partial charge >= 0.3 is 12.1 Å². The van der Waals surface area contributed by atoms with E-state index in [1.54, 1.807) is 0 Å². The summed E-state index contributed by atoms with van der Waals surface area (Å²) in [5.41, 5.74) is 0. The van der Waals surface area contributed by atoms with Gasteiger partial charge in [0.2, 0.25) is 0 Å². The number of carbonyl (C=O) groups is 2. The zero-order valence-corrected chi connectivity index (χ0v) is 11.0. The minimum Gasteiger partial charge on any atom is -0.490 e. The summed E-state index contributed by atoms with van der Waals surface area (Å²) in [5, 5.41) is 2.43. The largest absolute Gasteiger partial charge is 0.490 e. The van der Waals surface area contributed by atoms with Crippen molar-refractivity contribution in [3.8, 4) is 5.75 Å². The molecule has 6 nitrogen and oxygen atoms in total. The molecule has 0 radical (unpaired) electrons. The third-order valence-corrected chi connectivity index (χ3v) is 2.11. The molecular weight excluding hydrogens is 262 g/mol. The lowest BCUT2D eigenvalue weighted by atomic mass is 10.3. The Hall–Kier alpha value is -2.50. The molecule has 0 atom stereocenters. The third-order valence-electron chi connectivity index (χ3n) is 2.11. The third kappa shape index (κ3) is 7.05. The maximum absolute atomic E-state index is 11.2. The van der Waals surface area contributed by atoms with Crippen LogP contribution in [0.4, 0.5) is 4.79 Å². The maximum atomic E-state index is 11.2. The number of amides is 1. The Balaban J connectivity index is 2.00. The van der Waals surface area contributed by atoms with E-state index >= 15 is 0 Å². The van der Waals surface area contributed by atoms with Crippen LogP contribution in [0, 0.1) is 0 Å². The molecular formula is C14H17NO5. The lowest BCUT2D eigenvalue weighted by Crippen LogP contribution is -2.29. The molecule has 0 spiro atoms. The van der Waals surface area contributed by atoms with Crippen LogP contribution in [0.5, 0.6) is 5.75 Å². The molecule has 6 heteroatoms. The van der Waals surface area contributed by atoms with Gasteiger partial charge in [-0.2, -0.15) is 0 Å². The molecule has 0 unspecified atom stereocenters. The highest BCUT2D eigenvalue weighted by Crippen LogP contribution is 2.07. The summed E-state index contributed by atoms with van der Waals surface area (Å²) < 4.78 is 14.9. The Kier molecular flexibility index (Phi) is 7.34. The summed E-state index contributed by atoms with van der Waals surface area (Å²) in [6, 6.07) is 9.22. The van der Waals surface area contributed by atoms with Crippen molar-refractivity contribution >= 4 is 12.1 Å². The Morgan fingerprint density at radius 1 is 1.10 bits per heavy atom. The first-order chi connectivity index (χ1) is 9.72. The molecule has 0 saturated heterocycles. The van der Waals surface area contributed by atoms with E-state index in [-0.39, 0.29) is 26.4 Å². The van der Waals surface area contributed by atoms with Gasteiger partial charge in [-0.05, 0) is 12.1 Å². The van der Waals surface area contributed by atoms with Crippen molar-refractivity contribution in [2.75, 3.05) is 26.4 Å². The monoisotopic (exact) mass is 279 g/mol. The minimum absolute atomic E-state index is 0.0699. The van der Waals surface area contributed by atoms with Crippen LogP contribution in [0.25, 0.3) is 0 Å². The quantitative estimate of drug-likeness (QED) is 0.443. The van der Waals surface area contributed by atoms with Crippen molar-refractivity contribution in [2.24, 2.45) is 0 Å². The van der Waals surface area contributed by atoms with Gasteiger partial charge in [0.25, 0.3) is 0 Å². The zero-order valence-electron chi connectivity index (χ0n) is 11.0. The van der Waals surface area contributed by atoms with Gasteiger partial charge in [-0.1, -0.05) is 24.8 Å². The van der Waals surface area contributed by atoms with Crippen LogP contribution >= 0.6 is 0 Å². The van der Waals surface area contributed by atoms with Crippen LogP contribution in [0.3, 0.4) is 0 Å². The zero-order chi connectivity index (χ0) is 14.6. The van der Waals surface area contributed by atoms with E-state index < -0.39 is 12.1 Å². The van der Waals surface area contributed by atoms with E-state index in [1.807, 2.05) is 30.3 Å². The van der Waals surface area contributed by atoms with Crippen molar-refractivity contribution < 1.29 is 23.8 Å². The molecule has 1 amide bonds. The van der Waals surface area contributed by atoms with Gasteiger partial charge in [0.15, 0.2) is 0 Å². The first-order valence-electron chi connectivity index (χ1n) is 6.10. The van der Waals surface area contributed by atoms with Crippen LogP contribution in [-0.2, 0) is 14.3 Å². The summed E-state index contributed by atoms with van der Waals surface area (Å²) in [6.45, 7) is 3.90. The molecule has 0 fully saturated rings. The van der Waals surface area contributed by atoms with Crippen molar-refractivity contribution in [1.82, 2.24) is 5.32 Å². The molecule has 0 saturated carbocycles. The second-order valence-corrected chi connectivity index (χ2v) is 3.60. The van der Waals surface area contributed by atoms with Gasteiger partial charge in [0.05, 0.1) is 6.54 Å². The Morgan fingerprint density at radius 3 is 2.55 bits per heavy atom. The van der Waals surface area contributed by atoms with Gasteiger partial charge in [0, 0.05) is 6.08 Å². The molecule has 0 aliphatic heterocycles. The summed E-state index contributed by atoms with van der Waals surface area (Å²) >= 11 is 0. The van der Waals surface area contributed by atoms with E-state index in [0.717, 1.165) is 6.08 Å². The van der Waals surface area contributed by atoms with Crippen LogP contribution in [0.2, 0.25) is 0 Å². The van der Waals surface area contributed by atoms with Crippen molar-refractivity contribution in [1.29, 1.82) is 0 Å². The van der Waals surface area contributed by atoms with Gasteiger partial charge in [-0.3, -0.25) is 0 Å². The number of nitrogens with one attached hydrogen (secondary N) is 1. The van der Waals surface area contributed by atoms with Crippen LogP contribution < -0.4 is 10.1 Å². The van der Waals surface area contributed by atoms with Gasteiger partial charge in [0.1, 0.15) is 25.6 Å². The topological polar surface area (TPSA) is 73.9 Å². The summed E-state index contributed by atoms with van der Waals surface area (Å²) in [6.07, 6.45) is 0.468. The van der Waals surface area contributed by atoms with E-state index in [1.165, 1.54) is 0 Å². The molecule has 0 bridgehead atoms. The number of alkyl carbamates (subject to hydrolysis) is 1. The number of para-hydroxylation sites is 1. The second kappa shape index (κ2) is 9.43. The summed E-state index contributed by atoms with van der Waals surface area (Å²) in [5.74, 6) is 0.185. The van der Waals surface area contributed by atoms with Crippen molar-refractivity contribution in [3.05, 3.63) is 43.0 Å². The molecule has 1 rings (SSSR count). The summed E-state index contributed by atoms with van der Waals surface area (Å²) in [7, 11) is 0. The number of ether oxygens (including phenoxy) is 3. The lowest BCUT2D eigenvalue weighted by Gasteiger charge is -2.08. The standard InChI is InChI=1S/C14H17NO5/c1-2-13(16)19-9-8-15-14(17)20-11-10-18-12-6-4-3-5-7-12/h2-7H,1,8-11H2,(H,15,17). The average Bonchev–Trinajstić information content (AvgIpc) is 2.49. The molecule has 20 heavy (non-hydrogen) atoms. The fourth-order valence-electron chi connectivity index (χ4n) is 1.23. The fourth-order valence-corrected chi connectivity index (χ4v) is 1.23. The van der Waals surface area contributed by atoms with Crippen molar-refractivity contribution in [3.63, 3.8) is 0 Å². The predicted octanol–water partition coefficient (Wildman–Crippen LogP) is 1.52. The molecule has 1 N–H and O–H groups in total. The predicted molar refractivity (Wildman–Crippen MR) is 72.4 cm³/mol. The molecule has 1 aromatic rings. The highest BCUT2D eigenvalue weighted by Gasteiger charge is 2.02. The van der Waals surface area contributed by atoms with Crippen molar-refractivity contribution in [2.45, 2.75) is 0 Å². The van der Waals surface area contributed by atoms with Crippen LogP contribution in [-0.4, -0.2) is 38.4 Å². The Bertz CT molecular complexity index is 432. The minimum atomic E-state index is -0.587. The van der Waals surface area contributed by atoms with Gasteiger partial charge in [-0.15, -0.1) is 0 Å². The van der Waals surface area contributed by atoms with E-state index in [0.29, 0.717) is 5.75 Å². The summed E-state index contributed by atoms with van der Waals surface area (Å²) in [4.78, 5) is 21.9. The average molecular weight is 279 g/mol.